The molecule has 5 rings (SSSR count). The monoisotopic (exact) mass is 471 g/mol. The molecule has 0 spiro atoms. The van der Waals surface area contributed by atoms with E-state index in [2.05, 4.69) is 31.3 Å². The summed E-state index contributed by atoms with van der Waals surface area (Å²) in [6, 6.07) is 28.1. The van der Waals surface area contributed by atoms with Crippen molar-refractivity contribution in [1.29, 1.82) is 0 Å². The molecule has 0 atom stereocenters. The molecule has 0 aliphatic carbocycles. The molecule has 1 aromatic heterocycles. The van der Waals surface area contributed by atoms with Crippen molar-refractivity contribution in [1.82, 2.24) is 9.97 Å². The third-order valence-corrected chi connectivity index (χ3v) is 6.10. The first-order chi connectivity index (χ1) is 16.7. The summed E-state index contributed by atoms with van der Waals surface area (Å²) in [5, 5.41) is 2.72. The highest BCUT2D eigenvalue weighted by Crippen LogP contribution is 2.31. The minimum atomic E-state index is 0.524. The number of nitrogen functional groups attached to an aromatic ring is 1. The lowest BCUT2D eigenvalue weighted by atomic mass is 10.2. The Bertz CT molecular complexity index is 1190. The molecule has 34 heavy (non-hydrogen) atoms. The number of anilines is 6. The first-order valence-electron chi connectivity index (χ1n) is 11.2. The number of benzene rings is 3. The van der Waals surface area contributed by atoms with Gasteiger partial charge in [0.25, 0.3) is 0 Å². The molecule has 172 valence electrons. The zero-order valence-corrected chi connectivity index (χ0v) is 19.4. The number of rotatable bonds is 6. The van der Waals surface area contributed by atoms with Crippen LogP contribution in [0.1, 0.15) is 0 Å². The van der Waals surface area contributed by atoms with E-state index < -0.39 is 0 Å². The van der Waals surface area contributed by atoms with Gasteiger partial charge in [-0.15, -0.1) is 0 Å². The highest BCUT2D eigenvalue weighted by molar-refractivity contribution is 6.30. The number of hydrogen-bond donors (Lipinski definition) is 2. The number of hydrogen-bond acceptors (Lipinski definition) is 7. The Kier molecular flexibility index (Phi) is 6.35. The average Bonchev–Trinajstić information content (AvgIpc) is 2.89. The molecular formula is C26H26ClN7. The Balaban J connectivity index is 1.36. The van der Waals surface area contributed by atoms with Crippen LogP contribution in [-0.4, -0.2) is 36.1 Å². The smallest absolute Gasteiger partial charge is 0.173 e. The minimum absolute atomic E-state index is 0.524. The van der Waals surface area contributed by atoms with Crippen molar-refractivity contribution < 1.29 is 0 Å². The molecule has 8 heteroatoms. The van der Waals surface area contributed by atoms with Gasteiger partial charge in [-0.05, 0) is 42.5 Å². The van der Waals surface area contributed by atoms with Gasteiger partial charge in [0, 0.05) is 36.9 Å². The molecule has 4 aromatic rings. The second kappa shape index (κ2) is 9.89. The van der Waals surface area contributed by atoms with E-state index in [9.17, 15) is 0 Å². The fourth-order valence-corrected chi connectivity index (χ4v) is 4.30. The molecule has 0 unspecified atom stereocenters. The molecule has 7 nitrogen and oxygen atoms in total. The largest absolute Gasteiger partial charge is 0.393 e. The molecule has 0 radical (unpaired) electrons. The summed E-state index contributed by atoms with van der Waals surface area (Å²) < 4.78 is 0. The van der Waals surface area contributed by atoms with Gasteiger partial charge < -0.3 is 15.5 Å². The Morgan fingerprint density at radius 1 is 0.765 bits per heavy atom. The summed E-state index contributed by atoms with van der Waals surface area (Å²) in [5.41, 5.74) is 13.6. The summed E-state index contributed by atoms with van der Waals surface area (Å²) in [7, 11) is 0. The predicted molar refractivity (Wildman–Crippen MR) is 141 cm³/mol. The van der Waals surface area contributed by atoms with Crippen molar-refractivity contribution in [2.24, 2.45) is 0 Å². The maximum Gasteiger partial charge on any atom is 0.173 e. The number of para-hydroxylation sites is 2. The maximum absolute atomic E-state index is 6.60. The van der Waals surface area contributed by atoms with Crippen LogP contribution in [0.2, 0.25) is 5.02 Å². The molecule has 1 fully saturated rings. The van der Waals surface area contributed by atoms with Gasteiger partial charge in [-0.1, -0.05) is 54.1 Å². The predicted octanol–water partition coefficient (Wildman–Crippen LogP) is 5.20. The molecule has 0 saturated carbocycles. The molecule has 1 aliphatic rings. The number of nitrogens with one attached hydrogen (secondary N) is 1. The Labute approximate surface area is 204 Å². The van der Waals surface area contributed by atoms with Crippen molar-refractivity contribution in [3.63, 3.8) is 0 Å². The molecular weight excluding hydrogens is 446 g/mol. The zero-order valence-electron chi connectivity index (χ0n) is 18.7. The maximum atomic E-state index is 6.60. The van der Waals surface area contributed by atoms with Crippen molar-refractivity contribution in [3.05, 3.63) is 96.3 Å². The van der Waals surface area contributed by atoms with E-state index in [4.69, 9.17) is 17.3 Å². The molecule has 0 amide bonds. The van der Waals surface area contributed by atoms with Gasteiger partial charge in [0.05, 0.1) is 11.4 Å². The van der Waals surface area contributed by atoms with E-state index in [1.807, 2.05) is 83.9 Å². The van der Waals surface area contributed by atoms with Crippen molar-refractivity contribution in [2.45, 2.75) is 0 Å². The Hall–Kier alpha value is -3.97. The van der Waals surface area contributed by atoms with E-state index >= 15 is 0 Å². The standard InChI is InChI=1S/C26H26ClN7/c27-20-8-7-13-23(18-20)32-14-16-33(17-15-32)26-24(28)25(29-19-30-26)31-34(21-9-3-1-4-10-21)22-11-5-2-6-12-22/h1-13,18-19H,14-17,28H2,(H,29,30,31). The second-order valence-electron chi connectivity index (χ2n) is 8.03. The van der Waals surface area contributed by atoms with Gasteiger partial charge in [-0.2, -0.15) is 0 Å². The zero-order chi connectivity index (χ0) is 23.3. The van der Waals surface area contributed by atoms with E-state index in [0.29, 0.717) is 11.5 Å². The molecule has 1 aliphatic heterocycles. The lowest BCUT2D eigenvalue weighted by Gasteiger charge is -2.37. The van der Waals surface area contributed by atoms with Gasteiger partial charge in [0.1, 0.15) is 12.0 Å². The minimum Gasteiger partial charge on any atom is -0.393 e. The Morgan fingerprint density at radius 3 is 2.00 bits per heavy atom. The fraction of sp³-hybridized carbons (Fsp3) is 0.154. The summed E-state index contributed by atoms with van der Waals surface area (Å²) in [4.78, 5) is 13.5. The highest BCUT2D eigenvalue weighted by Gasteiger charge is 2.22. The quantitative estimate of drug-likeness (QED) is 0.374. The number of nitrogens with two attached hydrogens (primary N) is 1. The second-order valence-corrected chi connectivity index (χ2v) is 8.47. The molecule has 0 bridgehead atoms. The third kappa shape index (κ3) is 4.70. The number of aromatic nitrogens is 2. The normalized spacial score (nSPS) is 13.6. The lowest BCUT2D eigenvalue weighted by Crippen LogP contribution is -2.47. The summed E-state index contributed by atoms with van der Waals surface area (Å²) >= 11 is 6.18. The lowest BCUT2D eigenvalue weighted by molar-refractivity contribution is 0.647. The molecule has 3 aromatic carbocycles. The number of halogens is 1. The van der Waals surface area contributed by atoms with Crippen molar-refractivity contribution in [3.8, 4) is 0 Å². The van der Waals surface area contributed by atoms with Crippen molar-refractivity contribution >= 4 is 46.0 Å². The summed E-state index contributed by atoms with van der Waals surface area (Å²) in [5.74, 6) is 1.30. The topological polar surface area (TPSA) is 73.5 Å². The first-order valence-corrected chi connectivity index (χ1v) is 11.6. The number of nitrogens with zero attached hydrogens (tertiary/aromatic N) is 5. The van der Waals surface area contributed by atoms with Crippen LogP contribution >= 0.6 is 11.6 Å². The summed E-state index contributed by atoms with van der Waals surface area (Å²) in [6.45, 7) is 3.31. The van der Waals surface area contributed by atoms with Crippen LogP contribution in [-0.2, 0) is 0 Å². The van der Waals surface area contributed by atoms with Crippen LogP contribution in [0.15, 0.2) is 91.3 Å². The molecule has 3 N–H and O–H groups in total. The Morgan fingerprint density at radius 2 is 1.38 bits per heavy atom. The number of piperazine rings is 1. The van der Waals surface area contributed by atoms with E-state index in [-0.39, 0.29) is 0 Å². The molecule has 1 saturated heterocycles. The van der Waals surface area contributed by atoms with Gasteiger partial charge in [-0.3, -0.25) is 10.4 Å². The number of hydrazine groups is 1. The van der Waals surface area contributed by atoms with Crippen LogP contribution < -0.4 is 26.0 Å². The first kappa shape index (κ1) is 21.9. The fourth-order valence-electron chi connectivity index (χ4n) is 4.11. The van der Waals surface area contributed by atoms with Crippen molar-refractivity contribution in [2.75, 3.05) is 52.1 Å². The van der Waals surface area contributed by atoms with E-state index in [0.717, 1.165) is 54.1 Å². The summed E-state index contributed by atoms with van der Waals surface area (Å²) in [6.07, 6.45) is 1.56. The van der Waals surface area contributed by atoms with E-state index in [1.54, 1.807) is 6.33 Å². The van der Waals surface area contributed by atoms with E-state index in [1.165, 1.54) is 0 Å². The van der Waals surface area contributed by atoms with Crippen LogP contribution in [0.5, 0.6) is 0 Å². The van der Waals surface area contributed by atoms with Crippen LogP contribution in [0.3, 0.4) is 0 Å². The molecule has 2 heterocycles. The highest BCUT2D eigenvalue weighted by atomic mass is 35.5. The SMILES string of the molecule is Nc1c(NN(c2ccccc2)c2ccccc2)ncnc1N1CCN(c2cccc(Cl)c2)CC1. The van der Waals surface area contributed by atoms with Gasteiger partial charge in [-0.25, -0.2) is 9.97 Å². The van der Waals surface area contributed by atoms with Gasteiger partial charge in [0.15, 0.2) is 11.6 Å². The van der Waals surface area contributed by atoms with Crippen LogP contribution in [0.25, 0.3) is 0 Å². The van der Waals surface area contributed by atoms with Gasteiger partial charge in [0.2, 0.25) is 0 Å². The van der Waals surface area contributed by atoms with Gasteiger partial charge >= 0.3 is 0 Å². The van der Waals surface area contributed by atoms with Crippen LogP contribution in [0, 0.1) is 0 Å². The van der Waals surface area contributed by atoms with Crippen LogP contribution in [0.4, 0.5) is 34.4 Å². The average molecular weight is 472 g/mol. The third-order valence-electron chi connectivity index (χ3n) is 5.86.